The van der Waals surface area contributed by atoms with Crippen molar-refractivity contribution in [3.63, 3.8) is 0 Å². The zero-order chi connectivity index (χ0) is 14.1. The predicted molar refractivity (Wildman–Crippen MR) is 90.0 cm³/mol. The molecule has 1 heterocycles. The number of halogens is 1. The summed E-state index contributed by atoms with van der Waals surface area (Å²) in [6.07, 6.45) is 5.72. The van der Waals surface area contributed by atoms with Crippen LogP contribution >= 0.6 is 22.6 Å². The summed E-state index contributed by atoms with van der Waals surface area (Å²) >= 11 is 2.51. The van der Waals surface area contributed by atoms with Gasteiger partial charge in [-0.3, -0.25) is 4.90 Å². The lowest BCUT2D eigenvalue weighted by molar-refractivity contribution is -0.224. The van der Waals surface area contributed by atoms with Gasteiger partial charge in [0.2, 0.25) is 0 Å². The van der Waals surface area contributed by atoms with Gasteiger partial charge >= 0.3 is 0 Å². The van der Waals surface area contributed by atoms with Crippen LogP contribution in [-0.4, -0.2) is 38.5 Å². The summed E-state index contributed by atoms with van der Waals surface area (Å²) in [5, 5.41) is 3.92. The second-order valence-corrected chi connectivity index (χ2v) is 9.44. The Balaban J connectivity index is 1.71. The minimum atomic E-state index is 0.289. The number of hydrogen-bond donors (Lipinski definition) is 1. The van der Waals surface area contributed by atoms with Gasteiger partial charge in [-0.15, -0.1) is 0 Å². The van der Waals surface area contributed by atoms with Crippen LogP contribution in [0.3, 0.4) is 0 Å². The molecule has 0 bridgehead atoms. The van der Waals surface area contributed by atoms with Gasteiger partial charge in [-0.1, -0.05) is 22.6 Å². The average Bonchev–Trinajstić information content (AvgIpc) is 2.60. The maximum absolute atomic E-state index is 3.92. The highest BCUT2D eigenvalue weighted by Gasteiger charge is 2.70. The van der Waals surface area contributed by atoms with Gasteiger partial charge in [-0.2, -0.15) is 0 Å². The van der Waals surface area contributed by atoms with Crippen LogP contribution in [0.5, 0.6) is 0 Å². The predicted octanol–water partition coefficient (Wildman–Crippen LogP) is 3.58. The molecule has 1 aliphatic heterocycles. The van der Waals surface area contributed by atoms with Gasteiger partial charge in [0.25, 0.3) is 0 Å². The maximum Gasteiger partial charge on any atom is 0.0217 e. The molecule has 3 heteroatoms. The van der Waals surface area contributed by atoms with Crippen molar-refractivity contribution < 1.29 is 0 Å². The average molecular weight is 376 g/mol. The van der Waals surface area contributed by atoms with Gasteiger partial charge in [0, 0.05) is 39.0 Å². The first-order valence-corrected chi connectivity index (χ1v) is 9.34. The van der Waals surface area contributed by atoms with E-state index in [0.29, 0.717) is 11.0 Å². The normalized spacial score (nSPS) is 42.3. The highest BCUT2D eigenvalue weighted by molar-refractivity contribution is 14.1. The van der Waals surface area contributed by atoms with Crippen LogP contribution in [0, 0.1) is 5.41 Å². The summed E-state index contributed by atoms with van der Waals surface area (Å²) in [5.74, 6) is 0. The van der Waals surface area contributed by atoms with Crippen molar-refractivity contribution in [2.45, 2.75) is 89.5 Å². The Morgan fingerprint density at radius 3 is 2.37 bits per heavy atom. The van der Waals surface area contributed by atoms with Crippen LogP contribution in [0.4, 0.5) is 0 Å². The summed E-state index contributed by atoms with van der Waals surface area (Å²) in [7, 11) is 0. The summed E-state index contributed by atoms with van der Waals surface area (Å²) in [5.41, 5.74) is 1.34. The molecule has 3 rings (SSSR count). The molecule has 4 unspecified atom stereocenters. The number of nitrogens with zero attached hydrogens (tertiary/aromatic N) is 1. The van der Waals surface area contributed by atoms with Gasteiger partial charge in [0.15, 0.2) is 0 Å². The first-order chi connectivity index (χ1) is 8.70. The van der Waals surface area contributed by atoms with Crippen LogP contribution in [0.25, 0.3) is 0 Å². The summed E-state index contributed by atoms with van der Waals surface area (Å²) in [6, 6.07) is 2.49. The van der Waals surface area contributed by atoms with Crippen molar-refractivity contribution in [2.75, 3.05) is 4.43 Å². The van der Waals surface area contributed by atoms with E-state index >= 15 is 0 Å². The Morgan fingerprint density at radius 2 is 1.89 bits per heavy atom. The van der Waals surface area contributed by atoms with Gasteiger partial charge in [0.05, 0.1) is 0 Å². The SMILES string of the molecule is CC(C)(CI)NC1CC2N(C(C)(C)C)C3CCC32C1. The first-order valence-electron chi connectivity index (χ1n) is 7.82. The minimum absolute atomic E-state index is 0.289. The van der Waals surface area contributed by atoms with E-state index in [1.54, 1.807) is 0 Å². The Hall–Kier alpha value is 0.650. The number of likely N-dealkylation sites (tertiary alicyclic amines) is 1. The minimum Gasteiger partial charge on any atom is -0.308 e. The quantitative estimate of drug-likeness (QED) is 0.598. The van der Waals surface area contributed by atoms with E-state index in [1.807, 2.05) is 0 Å². The molecule has 0 radical (unpaired) electrons. The molecule has 3 fully saturated rings. The maximum atomic E-state index is 3.92. The van der Waals surface area contributed by atoms with Crippen molar-refractivity contribution >= 4 is 22.6 Å². The molecule has 0 aromatic rings. The van der Waals surface area contributed by atoms with Crippen LogP contribution in [-0.2, 0) is 0 Å². The second kappa shape index (κ2) is 4.33. The molecule has 0 amide bonds. The fraction of sp³-hybridized carbons (Fsp3) is 1.00. The van der Waals surface area contributed by atoms with E-state index in [9.17, 15) is 0 Å². The zero-order valence-corrected chi connectivity index (χ0v) is 15.3. The molecule has 2 nitrogen and oxygen atoms in total. The molecule has 2 saturated carbocycles. The third kappa shape index (κ3) is 2.10. The lowest BCUT2D eigenvalue weighted by atomic mass is 9.52. The van der Waals surface area contributed by atoms with E-state index in [2.05, 4.69) is 67.4 Å². The van der Waals surface area contributed by atoms with Crippen molar-refractivity contribution in [2.24, 2.45) is 5.41 Å². The molecule has 0 aromatic carbocycles. The highest BCUT2D eigenvalue weighted by Crippen LogP contribution is 2.66. The van der Waals surface area contributed by atoms with E-state index in [1.165, 1.54) is 30.1 Å². The standard InChI is InChI=1S/C16H29IN2/c1-14(2,3)19-12-6-7-16(12)9-11(8-13(16)19)18-15(4,5)10-17/h11-13,18H,6-10H2,1-5H3. The van der Waals surface area contributed by atoms with E-state index in [0.717, 1.165) is 18.1 Å². The molecular formula is C16H29IN2. The summed E-state index contributed by atoms with van der Waals surface area (Å²) in [6.45, 7) is 11.9. The smallest absolute Gasteiger partial charge is 0.0217 e. The molecule has 1 saturated heterocycles. The fourth-order valence-corrected chi connectivity index (χ4v) is 5.25. The van der Waals surface area contributed by atoms with Gasteiger partial charge < -0.3 is 5.32 Å². The lowest BCUT2D eigenvalue weighted by Crippen LogP contribution is -2.78. The molecule has 110 valence electrons. The second-order valence-electron chi connectivity index (χ2n) is 8.68. The molecule has 3 aliphatic rings. The van der Waals surface area contributed by atoms with Gasteiger partial charge in [0.1, 0.15) is 0 Å². The largest absolute Gasteiger partial charge is 0.308 e. The summed E-state index contributed by atoms with van der Waals surface area (Å²) in [4.78, 5) is 2.83. The van der Waals surface area contributed by atoms with E-state index in [-0.39, 0.29) is 5.54 Å². The number of nitrogens with one attached hydrogen (secondary N) is 1. The molecular weight excluding hydrogens is 347 g/mol. The number of rotatable bonds is 3. The van der Waals surface area contributed by atoms with Gasteiger partial charge in [-0.05, 0) is 60.3 Å². The first kappa shape index (κ1) is 14.6. The Bertz CT molecular complexity index is 373. The monoisotopic (exact) mass is 376 g/mol. The van der Waals surface area contributed by atoms with Crippen LogP contribution in [0.1, 0.15) is 60.3 Å². The Labute approximate surface area is 132 Å². The van der Waals surface area contributed by atoms with E-state index < -0.39 is 0 Å². The molecule has 4 atom stereocenters. The van der Waals surface area contributed by atoms with Crippen LogP contribution in [0.15, 0.2) is 0 Å². The van der Waals surface area contributed by atoms with Crippen molar-refractivity contribution in [3.8, 4) is 0 Å². The Kier molecular flexibility index (Phi) is 3.32. The third-order valence-corrected chi connectivity index (χ3v) is 7.63. The van der Waals surface area contributed by atoms with Crippen LogP contribution < -0.4 is 5.32 Å². The molecule has 1 N–H and O–H groups in total. The molecule has 2 aliphatic carbocycles. The Morgan fingerprint density at radius 1 is 1.21 bits per heavy atom. The number of hydrogen-bond acceptors (Lipinski definition) is 2. The van der Waals surface area contributed by atoms with Crippen LogP contribution in [0.2, 0.25) is 0 Å². The number of piperidine rings is 1. The topological polar surface area (TPSA) is 15.3 Å². The van der Waals surface area contributed by atoms with Crippen molar-refractivity contribution in [1.82, 2.24) is 10.2 Å². The molecule has 0 aromatic heterocycles. The third-order valence-electron chi connectivity index (χ3n) is 5.72. The van der Waals surface area contributed by atoms with Crippen molar-refractivity contribution in [1.29, 1.82) is 0 Å². The molecule has 19 heavy (non-hydrogen) atoms. The zero-order valence-electron chi connectivity index (χ0n) is 13.1. The highest BCUT2D eigenvalue weighted by atomic mass is 127. The fourth-order valence-electron chi connectivity index (χ4n) is 5.03. The van der Waals surface area contributed by atoms with Crippen molar-refractivity contribution in [3.05, 3.63) is 0 Å². The molecule has 1 spiro atoms. The lowest BCUT2D eigenvalue weighted by Gasteiger charge is -2.72. The van der Waals surface area contributed by atoms with E-state index in [4.69, 9.17) is 0 Å². The number of alkyl halides is 1. The summed E-state index contributed by atoms with van der Waals surface area (Å²) < 4.78 is 1.19. The van der Waals surface area contributed by atoms with Gasteiger partial charge in [-0.25, -0.2) is 0 Å².